The van der Waals surface area contributed by atoms with Crippen molar-refractivity contribution in [1.82, 2.24) is 10.2 Å². The number of alkyl halides is 2. The largest absolute Gasteiger partial charge is 0.384 e. The molecule has 19 heavy (non-hydrogen) atoms. The first-order chi connectivity index (χ1) is 8.92. The number of anilines is 1. The Balaban J connectivity index is 3.35. The Labute approximate surface area is 111 Å². The highest BCUT2D eigenvalue weighted by molar-refractivity contribution is 6.01. The zero-order valence-electron chi connectivity index (χ0n) is 11.4. The molecular formula is C12H19F2N5. The van der Waals surface area contributed by atoms with E-state index in [9.17, 15) is 8.78 Å². The molecule has 0 aromatic carbocycles. The lowest BCUT2D eigenvalue weighted by Crippen LogP contribution is -2.30. The molecule has 0 bridgehead atoms. The van der Waals surface area contributed by atoms with E-state index in [0.29, 0.717) is 18.4 Å². The van der Waals surface area contributed by atoms with Crippen molar-refractivity contribution in [2.75, 3.05) is 18.5 Å². The predicted octanol–water partition coefficient (Wildman–Crippen LogP) is 1.59. The fourth-order valence-corrected chi connectivity index (χ4v) is 2.01. The number of halogens is 2. The normalized spacial score (nSPS) is 10.8. The van der Waals surface area contributed by atoms with E-state index in [-0.39, 0.29) is 11.7 Å². The number of nitrogens with zero attached hydrogens (tertiary/aromatic N) is 3. The summed E-state index contributed by atoms with van der Waals surface area (Å²) in [7, 11) is 1.49. The second-order valence-corrected chi connectivity index (χ2v) is 4.22. The van der Waals surface area contributed by atoms with Crippen molar-refractivity contribution >= 4 is 11.7 Å². The number of rotatable bonds is 6. The van der Waals surface area contributed by atoms with E-state index < -0.39 is 13.0 Å². The zero-order chi connectivity index (χ0) is 14.6. The zero-order valence-corrected chi connectivity index (χ0v) is 11.4. The smallest absolute Gasteiger partial charge is 0.255 e. The molecule has 0 spiro atoms. The second-order valence-electron chi connectivity index (χ2n) is 4.22. The molecule has 0 aliphatic heterocycles. The van der Waals surface area contributed by atoms with Crippen LogP contribution in [-0.2, 0) is 12.8 Å². The van der Waals surface area contributed by atoms with Crippen molar-refractivity contribution in [3.8, 4) is 0 Å². The standard InChI is InChI=1S/C12H19F2N5/c1-4-7-8(5-2)17-18-12(10(7)11(15)16)19(3)6-9(13)14/h9H,4-6H2,1-3H3,(H3,15,16). The minimum absolute atomic E-state index is 0.169. The molecule has 1 aromatic rings. The van der Waals surface area contributed by atoms with Crippen LogP contribution in [0.5, 0.6) is 0 Å². The van der Waals surface area contributed by atoms with Crippen LogP contribution in [0.15, 0.2) is 0 Å². The molecule has 0 unspecified atom stereocenters. The maximum absolute atomic E-state index is 12.5. The number of aryl methyl sites for hydroxylation is 1. The number of hydrogen-bond acceptors (Lipinski definition) is 4. The van der Waals surface area contributed by atoms with Crippen LogP contribution in [0.2, 0.25) is 0 Å². The molecule has 0 fully saturated rings. The van der Waals surface area contributed by atoms with E-state index in [1.807, 2.05) is 13.8 Å². The van der Waals surface area contributed by atoms with E-state index in [0.717, 1.165) is 11.3 Å². The van der Waals surface area contributed by atoms with E-state index in [1.54, 1.807) is 0 Å². The number of nitrogens with two attached hydrogens (primary N) is 1. The van der Waals surface area contributed by atoms with Gasteiger partial charge in [-0.3, -0.25) is 5.41 Å². The van der Waals surface area contributed by atoms with Crippen molar-refractivity contribution < 1.29 is 8.78 Å². The van der Waals surface area contributed by atoms with Crippen molar-refractivity contribution in [1.29, 1.82) is 5.41 Å². The van der Waals surface area contributed by atoms with Crippen LogP contribution < -0.4 is 10.6 Å². The molecule has 5 nitrogen and oxygen atoms in total. The summed E-state index contributed by atoms with van der Waals surface area (Å²) in [6.07, 6.45) is -1.19. The third kappa shape index (κ3) is 3.36. The van der Waals surface area contributed by atoms with Crippen LogP contribution in [0.4, 0.5) is 14.6 Å². The van der Waals surface area contributed by atoms with Gasteiger partial charge in [0.2, 0.25) is 0 Å². The van der Waals surface area contributed by atoms with E-state index >= 15 is 0 Å². The average Bonchev–Trinajstić information content (AvgIpc) is 2.35. The lowest BCUT2D eigenvalue weighted by molar-refractivity contribution is 0.156. The molecule has 0 aliphatic rings. The van der Waals surface area contributed by atoms with Crippen LogP contribution in [0.3, 0.4) is 0 Å². The van der Waals surface area contributed by atoms with Gasteiger partial charge in [-0.15, -0.1) is 5.10 Å². The Morgan fingerprint density at radius 3 is 2.37 bits per heavy atom. The summed E-state index contributed by atoms with van der Waals surface area (Å²) in [5, 5.41) is 15.7. The Kier molecular flexibility index (Phi) is 5.14. The maximum Gasteiger partial charge on any atom is 0.255 e. The molecule has 0 saturated heterocycles. The highest BCUT2D eigenvalue weighted by atomic mass is 19.3. The molecule has 0 atom stereocenters. The molecule has 0 saturated carbocycles. The maximum atomic E-state index is 12.5. The first kappa shape index (κ1) is 15.3. The molecule has 0 radical (unpaired) electrons. The SMILES string of the molecule is CCc1nnc(N(C)CC(F)F)c(C(=N)N)c1CC. The number of hydrogen-bond donors (Lipinski definition) is 2. The van der Waals surface area contributed by atoms with E-state index in [1.165, 1.54) is 11.9 Å². The third-order valence-corrected chi connectivity index (χ3v) is 2.87. The Morgan fingerprint density at radius 1 is 1.32 bits per heavy atom. The van der Waals surface area contributed by atoms with Gasteiger partial charge >= 0.3 is 0 Å². The minimum Gasteiger partial charge on any atom is -0.384 e. The van der Waals surface area contributed by atoms with Gasteiger partial charge in [0.05, 0.1) is 17.8 Å². The number of amidine groups is 1. The quantitative estimate of drug-likeness (QED) is 0.608. The number of nitrogens with one attached hydrogen (secondary N) is 1. The Bertz CT molecular complexity index is 462. The lowest BCUT2D eigenvalue weighted by atomic mass is 10.0. The number of nitrogen functional groups attached to an aromatic ring is 1. The minimum atomic E-state index is -2.48. The second kappa shape index (κ2) is 6.40. The van der Waals surface area contributed by atoms with Gasteiger partial charge < -0.3 is 10.6 Å². The molecule has 7 heteroatoms. The van der Waals surface area contributed by atoms with Gasteiger partial charge in [-0.25, -0.2) is 8.78 Å². The van der Waals surface area contributed by atoms with Gasteiger partial charge in [0, 0.05) is 7.05 Å². The summed E-state index contributed by atoms with van der Waals surface area (Å²) in [6.45, 7) is 3.37. The Morgan fingerprint density at radius 2 is 1.95 bits per heavy atom. The molecule has 106 valence electrons. The van der Waals surface area contributed by atoms with Crippen LogP contribution >= 0.6 is 0 Å². The molecule has 1 aromatic heterocycles. The summed E-state index contributed by atoms with van der Waals surface area (Å²) in [6, 6.07) is 0. The molecule has 1 heterocycles. The summed E-state index contributed by atoms with van der Waals surface area (Å²) < 4.78 is 24.9. The van der Waals surface area contributed by atoms with Crippen molar-refractivity contribution in [2.45, 2.75) is 33.1 Å². The van der Waals surface area contributed by atoms with Crippen molar-refractivity contribution in [3.05, 3.63) is 16.8 Å². The summed E-state index contributed by atoms with van der Waals surface area (Å²) in [5.74, 6) is 0.0689. The first-order valence-electron chi connectivity index (χ1n) is 6.14. The van der Waals surface area contributed by atoms with Crippen LogP contribution in [0, 0.1) is 5.41 Å². The Hall–Kier alpha value is -1.79. The van der Waals surface area contributed by atoms with Crippen molar-refractivity contribution in [2.24, 2.45) is 5.73 Å². The van der Waals surface area contributed by atoms with Crippen LogP contribution in [0.1, 0.15) is 30.7 Å². The summed E-state index contributed by atoms with van der Waals surface area (Å²) in [5.41, 5.74) is 7.56. The molecule has 3 N–H and O–H groups in total. The monoisotopic (exact) mass is 271 g/mol. The molecule has 1 rings (SSSR count). The number of aromatic nitrogens is 2. The van der Waals surface area contributed by atoms with Crippen molar-refractivity contribution in [3.63, 3.8) is 0 Å². The van der Waals surface area contributed by atoms with E-state index in [4.69, 9.17) is 11.1 Å². The van der Waals surface area contributed by atoms with Gasteiger partial charge in [-0.05, 0) is 18.4 Å². The first-order valence-corrected chi connectivity index (χ1v) is 6.14. The lowest BCUT2D eigenvalue weighted by Gasteiger charge is -2.22. The fourth-order valence-electron chi connectivity index (χ4n) is 2.01. The van der Waals surface area contributed by atoms with E-state index in [2.05, 4.69) is 10.2 Å². The molecular weight excluding hydrogens is 252 g/mol. The van der Waals surface area contributed by atoms with Gasteiger partial charge in [0.25, 0.3) is 6.43 Å². The molecule has 0 aliphatic carbocycles. The van der Waals surface area contributed by atoms with Crippen LogP contribution in [0.25, 0.3) is 0 Å². The summed E-state index contributed by atoms with van der Waals surface area (Å²) in [4.78, 5) is 1.28. The topological polar surface area (TPSA) is 78.9 Å². The predicted molar refractivity (Wildman–Crippen MR) is 71.1 cm³/mol. The van der Waals surface area contributed by atoms with Crippen LogP contribution in [-0.4, -0.2) is 36.1 Å². The van der Waals surface area contributed by atoms with Gasteiger partial charge in [0.15, 0.2) is 5.82 Å². The summed E-state index contributed by atoms with van der Waals surface area (Å²) >= 11 is 0. The fraction of sp³-hybridized carbons (Fsp3) is 0.583. The van der Waals surface area contributed by atoms with Gasteiger partial charge in [0.1, 0.15) is 5.84 Å². The van der Waals surface area contributed by atoms with Gasteiger partial charge in [-0.1, -0.05) is 13.8 Å². The average molecular weight is 271 g/mol. The molecule has 0 amide bonds. The highest BCUT2D eigenvalue weighted by Gasteiger charge is 2.21. The van der Waals surface area contributed by atoms with Gasteiger partial charge in [-0.2, -0.15) is 5.10 Å². The highest BCUT2D eigenvalue weighted by Crippen LogP contribution is 2.23. The third-order valence-electron chi connectivity index (χ3n) is 2.87.